The lowest BCUT2D eigenvalue weighted by atomic mass is 10.2. The van der Waals surface area contributed by atoms with E-state index in [1.165, 1.54) is 6.07 Å². The number of phenols is 1. The maximum absolute atomic E-state index is 12.2. The SMILES string of the molecule is Cc1ccc2nc(-c3ccc(NC(=S)NC(=O)c4ccccc4)cc3O)oc2c1. The van der Waals surface area contributed by atoms with Gasteiger partial charge in [0.1, 0.15) is 11.3 Å². The molecular formula is C22H17N3O3S. The summed E-state index contributed by atoms with van der Waals surface area (Å²) in [6, 6.07) is 19.4. The van der Waals surface area contributed by atoms with Crippen LogP contribution in [0.3, 0.4) is 0 Å². The molecule has 144 valence electrons. The van der Waals surface area contributed by atoms with E-state index in [0.29, 0.717) is 28.3 Å². The Kier molecular flexibility index (Phi) is 4.97. The van der Waals surface area contributed by atoms with Crippen LogP contribution in [0.1, 0.15) is 15.9 Å². The molecule has 4 rings (SSSR count). The quantitative estimate of drug-likeness (QED) is 0.432. The van der Waals surface area contributed by atoms with E-state index in [-0.39, 0.29) is 16.8 Å². The topological polar surface area (TPSA) is 87.4 Å². The average molecular weight is 403 g/mol. The monoisotopic (exact) mass is 403 g/mol. The van der Waals surface area contributed by atoms with Crippen molar-refractivity contribution in [2.45, 2.75) is 6.92 Å². The predicted molar refractivity (Wildman–Crippen MR) is 116 cm³/mol. The van der Waals surface area contributed by atoms with Crippen molar-refractivity contribution in [3.05, 3.63) is 77.9 Å². The summed E-state index contributed by atoms with van der Waals surface area (Å²) in [4.78, 5) is 16.6. The number of oxazole rings is 1. The van der Waals surface area contributed by atoms with Gasteiger partial charge in [-0.1, -0.05) is 24.3 Å². The molecule has 0 aliphatic carbocycles. The number of amides is 1. The van der Waals surface area contributed by atoms with Gasteiger partial charge >= 0.3 is 0 Å². The molecule has 0 bridgehead atoms. The Morgan fingerprint density at radius 2 is 1.86 bits per heavy atom. The van der Waals surface area contributed by atoms with Crippen LogP contribution in [-0.2, 0) is 0 Å². The zero-order chi connectivity index (χ0) is 20.4. The number of carbonyl (C=O) groups excluding carboxylic acids is 1. The van der Waals surface area contributed by atoms with Crippen molar-refractivity contribution in [2.75, 3.05) is 5.32 Å². The van der Waals surface area contributed by atoms with Crippen LogP contribution in [0.25, 0.3) is 22.6 Å². The minimum atomic E-state index is -0.314. The number of carbonyl (C=O) groups is 1. The highest BCUT2D eigenvalue weighted by molar-refractivity contribution is 7.80. The van der Waals surface area contributed by atoms with Crippen molar-refractivity contribution in [1.29, 1.82) is 0 Å². The summed E-state index contributed by atoms with van der Waals surface area (Å²) in [6.45, 7) is 1.97. The van der Waals surface area contributed by atoms with Crippen LogP contribution >= 0.6 is 12.2 Å². The number of hydrogen-bond donors (Lipinski definition) is 3. The normalized spacial score (nSPS) is 10.7. The van der Waals surface area contributed by atoms with Gasteiger partial charge in [-0.15, -0.1) is 0 Å². The van der Waals surface area contributed by atoms with Gasteiger partial charge in [0.15, 0.2) is 10.7 Å². The Balaban J connectivity index is 1.49. The maximum atomic E-state index is 12.2. The number of phenolic OH excluding ortho intramolecular Hbond substituents is 1. The highest BCUT2D eigenvalue weighted by Gasteiger charge is 2.14. The molecule has 6 nitrogen and oxygen atoms in total. The fourth-order valence-corrected chi connectivity index (χ4v) is 3.07. The van der Waals surface area contributed by atoms with E-state index in [4.69, 9.17) is 16.6 Å². The number of aryl methyl sites for hydroxylation is 1. The Morgan fingerprint density at radius 1 is 1.07 bits per heavy atom. The number of anilines is 1. The fraction of sp³-hybridized carbons (Fsp3) is 0.0455. The van der Waals surface area contributed by atoms with Gasteiger partial charge in [0.2, 0.25) is 5.89 Å². The van der Waals surface area contributed by atoms with Gasteiger partial charge in [0.25, 0.3) is 5.91 Å². The molecule has 0 spiro atoms. The molecule has 3 aromatic carbocycles. The maximum Gasteiger partial charge on any atom is 0.257 e. The highest BCUT2D eigenvalue weighted by Crippen LogP contribution is 2.33. The van der Waals surface area contributed by atoms with Crippen LogP contribution < -0.4 is 10.6 Å². The first-order chi connectivity index (χ1) is 14.0. The van der Waals surface area contributed by atoms with Gasteiger partial charge in [-0.2, -0.15) is 0 Å². The lowest BCUT2D eigenvalue weighted by Crippen LogP contribution is -2.34. The number of fused-ring (bicyclic) bond motifs is 1. The van der Waals surface area contributed by atoms with Gasteiger partial charge in [-0.05, 0) is 61.1 Å². The molecule has 0 aliphatic heterocycles. The smallest absolute Gasteiger partial charge is 0.257 e. The minimum absolute atomic E-state index is 0.0181. The highest BCUT2D eigenvalue weighted by atomic mass is 32.1. The zero-order valence-electron chi connectivity index (χ0n) is 15.5. The first kappa shape index (κ1) is 18.6. The molecule has 4 aromatic rings. The molecule has 3 N–H and O–H groups in total. The molecule has 1 heterocycles. The van der Waals surface area contributed by atoms with Crippen LogP contribution in [0.15, 0.2) is 71.1 Å². The number of nitrogens with one attached hydrogen (secondary N) is 2. The van der Waals surface area contributed by atoms with E-state index in [1.54, 1.807) is 36.4 Å². The Bertz CT molecular complexity index is 1220. The van der Waals surface area contributed by atoms with E-state index in [0.717, 1.165) is 11.1 Å². The predicted octanol–water partition coefficient (Wildman–Crippen LogP) is 4.64. The van der Waals surface area contributed by atoms with E-state index in [2.05, 4.69) is 15.6 Å². The largest absolute Gasteiger partial charge is 0.507 e. The second-order valence-electron chi connectivity index (χ2n) is 6.50. The fourth-order valence-electron chi connectivity index (χ4n) is 2.86. The number of nitrogens with zero attached hydrogens (tertiary/aromatic N) is 1. The number of aromatic nitrogens is 1. The third-order valence-electron chi connectivity index (χ3n) is 4.29. The summed E-state index contributed by atoms with van der Waals surface area (Å²) in [5, 5.41) is 16.0. The van der Waals surface area contributed by atoms with Gasteiger partial charge < -0.3 is 14.8 Å². The molecule has 0 aliphatic rings. The number of aromatic hydroxyl groups is 1. The molecule has 0 unspecified atom stereocenters. The minimum Gasteiger partial charge on any atom is -0.507 e. The van der Waals surface area contributed by atoms with Gasteiger partial charge in [-0.25, -0.2) is 4.98 Å². The average Bonchev–Trinajstić information content (AvgIpc) is 3.11. The summed E-state index contributed by atoms with van der Waals surface area (Å²) >= 11 is 5.18. The van der Waals surface area contributed by atoms with Crippen molar-refractivity contribution >= 4 is 40.0 Å². The third kappa shape index (κ3) is 4.09. The standard InChI is InChI=1S/C22H17N3O3S/c1-13-7-10-17-19(11-13)28-21(24-17)16-9-8-15(12-18(16)26)23-22(29)25-20(27)14-5-3-2-4-6-14/h2-12,26H,1H3,(H2,23,25,27,29). The molecule has 0 saturated heterocycles. The van der Waals surface area contributed by atoms with Crippen molar-refractivity contribution in [1.82, 2.24) is 10.3 Å². The number of hydrogen-bond acceptors (Lipinski definition) is 5. The van der Waals surface area contributed by atoms with Crippen molar-refractivity contribution in [3.63, 3.8) is 0 Å². The summed E-state index contributed by atoms with van der Waals surface area (Å²) in [7, 11) is 0. The molecule has 1 aromatic heterocycles. The van der Waals surface area contributed by atoms with Crippen molar-refractivity contribution in [2.24, 2.45) is 0 Å². The van der Waals surface area contributed by atoms with E-state index < -0.39 is 0 Å². The summed E-state index contributed by atoms with van der Waals surface area (Å²) in [5.41, 5.74) is 3.93. The molecule has 0 atom stereocenters. The molecule has 0 radical (unpaired) electrons. The number of benzene rings is 3. The summed E-state index contributed by atoms with van der Waals surface area (Å²) in [5.74, 6) is -0.00391. The van der Waals surface area contributed by atoms with Crippen LogP contribution in [0, 0.1) is 6.92 Å². The molecule has 0 fully saturated rings. The molecule has 0 saturated carbocycles. The Labute approximate surface area is 172 Å². The molecule has 1 amide bonds. The summed E-state index contributed by atoms with van der Waals surface area (Å²) < 4.78 is 5.76. The lowest BCUT2D eigenvalue weighted by Gasteiger charge is -2.10. The van der Waals surface area contributed by atoms with Crippen molar-refractivity contribution < 1.29 is 14.3 Å². The zero-order valence-corrected chi connectivity index (χ0v) is 16.3. The molecule has 29 heavy (non-hydrogen) atoms. The van der Waals surface area contributed by atoms with E-state index in [9.17, 15) is 9.90 Å². The van der Waals surface area contributed by atoms with E-state index >= 15 is 0 Å². The van der Waals surface area contributed by atoms with E-state index in [1.807, 2.05) is 31.2 Å². The lowest BCUT2D eigenvalue weighted by molar-refractivity contribution is 0.0977. The summed E-state index contributed by atoms with van der Waals surface area (Å²) in [6.07, 6.45) is 0. The Morgan fingerprint density at radius 3 is 2.62 bits per heavy atom. The van der Waals surface area contributed by atoms with Gasteiger partial charge in [0, 0.05) is 17.3 Å². The van der Waals surface area contributed by atoms with Gasteiger partial charge in [0.05, 0.1) is 5.56 Å². The van der Waals surface area contributed by atoms with Gasteiger partial charge in [-0.3, -0.25) is 10.1 Å². The first-order valence-corrected chi connectivity index (χ1v) is 9.28. The number of rotatable bonds is 3. The molecular weight excluding hydrogens is 386 g/mol. The third-order valence-corrected chi connectivity index (χ3v) is 4.50. The molecule has 7 heteroatoms. The van der Waals surface area contributed by atoms with Crippen LogP contribution in [0.4, 0.5) is 5.69 Å². The second-order valence-corrected chi connectivity index (χ2v) is 6.90. The van der Waals surface area contributed by atoms with Crippen LogP contribution in [0.5, 0.6) is 5.75 Å². The number of thiocarbonyl (C=S) groups is 1. The second kappa shape index (κ2) is 7.73. The van der Waals surface area contributed by atoms with Crippen LogP contribution in [0.2, 0.25) is 0 Å². The Hall–Kier alpha value is -3.71. The first-order valence-electron chi connectivity index (χ1n) is 8.87. The van der Waals surface area contributed by atoms with Crippen molar-refractivity contribution in [3.8, 4) is 17.2 Å². The van der Waals surface area contributed by atoms with Crippen LogP contribution in [-0.4, -0.2) is 21.1 Å².